The summed E-state index contributed by atoms with van der Waals surface area (Å²) in [6.07, 6.45) is 2.62. The lowest BCUT2D eigenvalue weighted by Gasteiger charge is -2.42. The molecule has 2 aromatic heterocycles. The molecule has 1 fully saturated rings. The lowest BCUT2D eigenvalue weighted by molar-refractivity contribution is -0.131. The van der Waals surface area contributed by atoms with E-state index < -0.39 is 0 Å². The van der Waals surface area contributed by atoms with E-state index in [1.54, 1.807) is 11.1 Å². The third-order valence-electron chi connectivity index (χ3n) is 4.70. The van der Waals surface area contributed by atoms with Crippen molar-refractivity contribution < 1.29 is 4.79 Å². The van der Waals surface area contributed by atoms with E-state index in [0.29, 0.717) is 24.7 Å². The minimum Gasteiger partial charge on any atom is -0.354 e. The van der Waals surface area contributed by atoms with Gasteiger partial charge in [0.2, 0.25) is 11.2 Å². The highest BCUT2D eigenvalue weighted by atomic mass is 35.5. The first-order valence-electron chi connectivity index (χ1n) is 7.89. The molecule has 1 aliphatic rings. The number of halogens is 1. The number of fused-ring (bicyclic) bond motifs is 1. The van der Waals surface area contributed by atoms with Crippen molar-refractivity contribution in [2.75, 3.05) is 25.0 Å². The highest BCUT2D eigenvalue weighted by molar-refractivity contribution is 6.28. The summed E-state index contributed by atoms with van der Waals surface area (Å²) >= 11 is 6.05. The largest absolute Gasteiger partial charge is 0.354 e. The predicted octanol–water partition coefficient (Wildman–Crippen LogP) is 2.20. The lowest BCUT2D eigenvalue weighted by Crippen LogP contribution is -2.52. The Kier molecular flexibility index (Phi) is 4.58. The summed E-state index contributed by atoms with van der Waals surface area (Å²) in [5.41, 5.74) is 0.692. The van der Waals surface area contributed by atoms with E-state index >= 15 is 0 Å². The second-order valence-corrected chi connectivity index (χ2v) is 6.51. The molecule has 1 saturated heterocycles. The van der Waals surface area contributed by atoms with Crippen LogP contribution in [-0.4, -0.2) is 51.9 Å². The number of carbonyl (C=O) groups excluding carboxylic acids is 1. The highest BCUT2D eigenvalue weighted by Crippen LogP contribution is 2.30. The number of aromatic amines is 1. The Morgan fingerprint density at radius 3 is 3.12 bits per heavy atom. The van der Waals surface area contributed by atoms with Gasteiger partial charge in [0.25, 0.3) is 0 Å². The molecule has 2 aromatic rings. The number of carbonyl (C=O) groups is 1. The Balaban J connectivity index is 1.89. The second-order valence-electron chi connectivity index (χ2n) is 6.18. The lowest BCUT2D eigenvalue weighted by atomic mass is 9.92. The van der Waals surface area contributed by atoms with Crippen LogP contribution in [0.5, 0.6) is 0 Å². The van der Waals surface area contributed by atoms with Crippen LogP contribution in [0.4, 0.5) is 5.82 Å². The van der Waals surface area contributed by atoms with E-state index in [2.05, 4.69) is 26.8 Å². The summed E-state index contributed by atoms with van der Waals surface area (Å²) in [5, 5.41) is 9.84. The number of H-pyrrole nitrogens is 1. The summed E-state index contributed by atoms with van der Waals surface area (Å²) in [6, 6.07) is 3.96. The van der Waals surface area contributed by atoms with Gasteiger partial charge in [-0.1, -0.05) is 6.92 Å². The van der Waals surface area contributed by atoms with Crippen molar-refractivity contribution in [3.8, 4) is 6.07 Å². The Morgan fingerprint density at radius 1 is 1.58 bits per heavy atom. The van der Waals surface area contributed by atoms with Gasteiger partial charge >= 0.3 is 0 Å². The molecule has 126 valence electrons. The second kappa shape index (κ2) is 6.65. The molecule has 1 N–H and O–H groups in total. The molecule has 0 spiro atoms. The van der Waals surface area contributed by atoms with Crippen LogP contribution in [0.25, 0.3) is 11.0 Å². The van der Waals surface area contributed by atoms with Gasteiger partial charge in [-0.05, 0) is 30.0 Å². The van der Waals surface area contributed by atoms with Gasteiger partial charge in [-0.2, -0.15) is 15.2 Å². The molecule has 1 amide bonds. The number of nitrogens with zero attached hydrogens (tertiary/aromatic N) is 5. The zero-order valence-electron chi connectivity index (χ0n) is 13.7. The average Bonchev–Trinajstić information content (AvgIpc) is 3.02. The van der Waals surface area contributed by atoms with Gasteiger partial charge in [-0.15, -0.1) is 0 Å². The molecule has 3 rings (SSSR count). The van der Waals surface area contributed by atoms with Gasteiger partial charge in [-0.25, -0.2) is 0 Å². The summed E-state index contributed by atoms with van der Waals surface area (Å²) in [7, 11) is 1.96. The summed E-state index contributed by atoms with van der Waals surface area (Å²) in [4.78, 5) is 27.5. The van der Waals surface area contributed by atoms with Gasteiger partial charge in [0.1, 0.15) is 17.9 Å². The van der Waals surface area contributed by atoms with Crippen molar-refractivity contribution in [2.24, 2.45) is 5.92 Å². The number of hydrogen-bond acceptors (Lipinski definition) is 5. The number of aromatic nitrogens is 3. The van der Waals surface area contributed by atoms with Crippen LogP contribution < -0.4 is 4.90 Å². The molecule has 24 heavy (non-hydrogen) atoms. The maximum atomic E-state index is 12.1. The van der Waals surface area contributed by atoms with E-state index in [4.69, 9.17) is 16.9 Å². The van der Waals surface area contributed by atoms with Crippen LogP contribution in [0, 0.1) is 17.2 Å². The molecule has 1 aliphatic heterocycles. The van der Waals surface area contributed by atoms with Crippen molar-refractivity contribution in [1.82, 2.24) is 19.9 Å². The van der Waals surface area contributed by atoms with Gasteiger partial charge in [0.05, 0.1) is 17.5 Å². The molecule has 7 nitrogen and oxygen atoms in total. The number of rotatable bonds is 3. The molecule has 0 bridgehead atoms. The van der Waals surface area contributed by atoms with Gasteiger partial charge < -0.3 is 14.8 Å². The van der Waals surface area contributed by atoms with Crippen molar-refractivity contribution in [3.63, 3.8) is 0 Å². The Labute approximate surface area is 145 Å². The normalized spacial score (nSPS) is 20.8. The Bertz CT molecular complexity index is 797. The molecule has 0 radical (unpaired) electrons. The van der Waals surface area contributed by atoms with Crippen LogP contribution in [0.15, 0.2) is 12.3 Å². The van der Waals surface area contributed by atoms with E-state index in [1.165, 1.54) is 0 Å². The molecule has 3 heterocycles. The number of piperidine rings is 1. The first-order valence-corrected chi connectivity index (χ1v) is 8.27. The number of hydrogen-bond donors (Lipinski definition) is 1. The summed E-state index contributed by atoms with van der Waals surface area (Å²) < 4.78 is 0. The monoisotopic (exact) mass is 346 g/mol. The number of likely N-dealkylation sites (tertiary alicyclic amines) is 1. The third kappa shape index (κ3) is 3.02. The molecular formula is C16H19ClN6O. The fourth-order valence-corrected chi connectivity index (χ4v) is 3.45. The number of nitriles is 1. The van der Waals surface area contributed by atoms with Crippen LogP contribution in [0.2, 0.25) is 5.28 Å². The van der Waals surface area contributed by atoms with Crippen molar-refractivity contribution in [1.29, 1.82) is 5.26 Å². The average molecular weight is 347 g/mol. The maximum Gasteiger partial charge on any atom is 0.236 e. The molecule has 0 unspecified atom stereocenters. The predicted molar refractivity (Wildman–Crippen MR) is 91.7 cm³/mol. The molecule has 0 aromatic carbocycles. The number of anilines is 1. The fraction of sp³-hybridized carbons (Fsp3) is 0.500. The number of nitrogens with one attached hydrogen (secondary N) is 1. The molecule has 0 aliphatic carbocycles. The third-order valence-corrected chi connectivity index (χ3v) is 4.87. The maximum absolute atomic E-state index is 12.1. The first-order chi connectivity index (χ1) is 11.5. The topological polar surface area (TPSA) is 88.9 Å². The van der Waals surface area contributed by atoms with E-state index in [0.717, 1.165) is 17.6 Å². The van der Waals surface area contributed by atoms with E-state index in [1.807, 2.05) is 19.2 Å². The highest BCUT2D eigenvalue weighted by Gasteiger charge is 2.32. The number of amides is 1. The summed E-state index contributed by atoms with van der Waals surface area (Å²) in [6.45, 7) is 3.44. The van der Waals surface area contributed by atoms with Crippen LogP contribution in [0.1, 0.15) is 19.8 Å². The van der Waals surface area contributed by atoms with Gasteiger partial charge in [-0.3, -0.25) is 4.79 Å². The van der Waals surface area contributed by atoms with E-state index in [9.17, 15) is 4.79 Å². The Hall–Kier alpha value is -2.33. The zero-order chi connectivity index (χ0) is 17.3. The summed E-state index contributed by atoms with van der Waals surface area (Å²) in [5.74, 6) is 1.02. The van der Waals surface area contributed by atoms with Crippen molar-refractivity contribution >= 4 is 34.4 Å². The standard InChI is InChI=1S/C16H19ClN6O/c1-10-5-8-23(13(24)3-6-18)9-12(10)22(2)15-11-4-7-19-14(11)20-16(17)21-15/h4,7,10,12H,3,5,8-9H2,1-2H3,(H,19,20,21)/t10-,12+/m0/s1. The first kappa shape index (κ1) is 16.5. The van der Waals surface area contributed by atoms with Gasteiger partial charge in [0.15, 0.2) is 0 Å². The zero-order valence-corrected chi connectivity index (χ0v) is 14.4. The minimum atomic E-state index is -0.115. The van der Waals surface area contributed by atoms with Crippen LogP contribution in [0.3, 0.4) is 0 Å². The number of likely N-dealkylation sites (N-methyl/N-ethyl adjacent to an activating group) is 1. The quantitative estimate of drug-likeness (QED) is 0.860. The van der Waals surface area contributed by atoms with Crippen molar-refractivity contribution in [2.45, 2.75) is 25.8 Å². The van der Waals surface area contributed by atoms with E-state index in [-0.39, 0.29) is 23.7 Å². The van der Waals surface area contributed by atoms with Gasteiger partial charge in [0, 0.05) is 26.3 Å². The minimum absolute atomic E-state index is 0.0772. The van der Waals surface area contributed by atoms with Crippen LogP contribution in [-0.2, 0) is 4.79 Å². The smallest absolute Gasteiger partial charge is 0.236 e. The molecular weight excluding hydrogens is 328 g/mol. The fourth-order valence-electron chi connectivity index (χ4n) is 3.28. The van der Waals surface area contributed by atoms with Crippen LogP contribution >= 0.6 is 11.6 Å². The molecule has 0 saturated carbocycles. The Morgan fingerprint density at radius 2 is 2.38 bits per heavy atom. The SMILES string of the molecule is C[C@H]1CCN(C(=O)CC#N)C[C@H]1N(C)c1nc(Cl)nc2[nH]ccc12. The molecule has 8 heteroatoms. The molecule has 2 atom stereocenters. The van der Waals surface area contributed by atoms with Crippen molar-refractivity contribution in [3.05, 3.63) is 17.5 Å².